The Morgan fingerprint density at radius 1 is 1.21 bits per heavy atom. The third kappa shape index (κ3) is 1.88. The number of aromatic nitrogens is 2. The van der Waals surface area contributed by atoms with Crippen molar-refractivity contribution in [1.29, 1.82) is 0 Å². The zero-order valence-electron chi connectivity index (χ0n) is 9.94. The van der Waals surface area contributed by atoms with Gasteiger partial charge < -0.3 is 4.42 Å². The van der Waals surface area contributed by atoms with E-state index in [1.165, 1.54) is 10.7 Å². The SMILES string of the molecule is Cc1cc(=O)oc2c(=O)n(-c3ccc(Cl)cc3)[nH]c12. The Bertz CT molecular complexity index is 872. The molecule has 5 nitrogen and oxygen atoms in total. The van der Waals surface area contributed by atoms with Crippen molar-refractivity contribution in [3.8, 4) is 5.69 Å². The molecule has 0 radical (unpaired) electrons. The summed E-state index contributed by atoms with van der Waals surface area (Å²) >= 11 is 5.81. The molecule has 0 atom stereocenters. The first-order chi connectivity index (χ1) is 9.06. The first kappa shape index (κ1) is 11.8. The molecular formula is C13H9ClN2O3. The van der Waals surface area contributed by atoms with Crippen molar-refractivity contribution in [3.05, 3.63) is 61.7 Å². The average molecular weight is 277 g/mol. The van der Waals surface area contributed by atoms with Gasteiger partial charge in [0.15, 0.2) is 0 Å². The molecule has 0 aliphatic heterocycles. The van der Waals surface area contributed by atoms with Gasteiger partial charge in [0.25, 0.3) is 0 Å². The van der Waals surface area contributed by atoms with Crippen LogP contribution in [0.1, 0.15) is 5.56 Å². The highest BCUT2D eigenvalue weighted by atomic mass is 35.5. The number of fused-ring (bicyclic) bond motifs is 1. The van der Waals surface area contributed by atoms with Crippen molar-refractivity contribution in [3.63, 3.8) is 0 Å². The van der Waals surface area contributed by atoms with Crippen molar-refractivity contribution >= 4 is 22.7 Å². The van der Waals surface area contributed by atoms with E-state index in [9.17, 15) is 9.59 Å². The number of benzene rings is 1. The van der Waals surface area contributed by atoms with Gasteiger partial charge in [-0.2, -0.15) is 0 Å². The molecule has 2 aromatic heterocycles. The summed E-state index contributed by atoms with van der Waals surface area (Å²) in [5, 5.41) is 3.50. The molecule has 3 rings (SSSR count). The molecule has 96 valence electrons. The van der Waals surface area contributed by atoms with E-state index < -0.39 is 11.2 Å². The fraction of sp³-hybridized carbons (Fsp3) is 0.0769. The molecule has 1 N–H and O–H groups in total. The van der Waals surface area contributed by atoms with Crippen LogP contribution in [0.2, 0.25) is 5.02 Å². The average Bonchev–Trinajstić information content (AvgIpc) is 2.69. The van der Waals surface area contributed by atoms with Gasteiger partial charge in [0.05, 0.1) is 5.69 Å². The molecule has 0 aliphatic carbocycles. The normalized spacial score (nSPS) is 11.1. The zero-order chi connectivity index (χ0) is 13.6. The van der Waals surface area contributed by atoms with E-state index in [-0.39, 0.29) is 5.58 Å². The predicted molar refractivity (Wildman–Crippen MR) is 72.2 cm³/mol. The smallest absolute Gasteiger partial charge is 0.336 e. The molecule has 0 spiro atoms. The second-order valence-corrected chi connectivity index (χ2v) is 4.62. The van der Waals surface area contributed by atoms with Gasteiger partial charge in [0.2, 0.25) is 5.58 Å². The highest BCUT2D eigenvalue weighted by Gasteiger charge is 2.13. The van der Waals surface area contributed by atoms with Crippen LogP contribution in [0.4, 0.5) is 0 Å². The number of nitrogens with zero attached hydrogens (tertiary/aromatic N) is 1. The Labute approximate surface area is 112 Å². The summed E-state index contributed by atoms with van der Waals surface area (Å²) in [6, 6.07) is 8.10. The summed E-state index contributed by atoms with van der Waals surface area (Å²) in [5.41, 5.74) is 0.880. The highest BCUT2D eigenvalue weighted by molar-refractivity contribution is 6.30. The summed E-state index contributed by atoms with van der Waals surface area (Å²) in [6.45, 7) is 1.74. The molecule has 0 fully saturated rings. The van der Waals surface area contributed by atoms with E-state index in [2.05, 4.69) is 5.10 Å². The van der Waals surface area contributed by atoms with Crippen LogP contribution >= 0.6 is 11.6 Å². The summed E-state index contributed by atoms with van der Waals surface area (Å²) in [7, 11) is 0. The monoisotopic (exact) mass is 276 g/mol. The van der Waals surface area contributed by atoms with Gasteiger partial charge >= 0.3 is 11.2 Å². The lowest BCUT2D eigenvalue weighted by molar-refractivity contribution is 0.556. The van der Waals surface area contributed by atoms with E-state index in [1.807, 2.05) is 0 Å². The van der Waals surface area contributed by atoms with E-state index in [0.717, 1.165) is 0 Å². The molecule has 0 saturated carbocycles. The first-order valence-corrected chi connectivity index (χ1v) is 5.95. The minimum absolute atomic E-state index is 0.0277. The molecule has 0 aliphatic rings. The summed E-state index contributed by atoms with van der Waals surface area (Å²) in [5.74, 6) is 0. The van der Waals surface area contributed by atoms with E-state index in [0.29, 0.717) is 21.8 Å². The summed E-state index contributed by atoms with van der Waals surface area (Å²) in [6.07, 6.45) is 0. The molecule has 2 heterocycles. The van der Waals surface area contributed by atoms with Crippen LogP contribution in [0.15, 0.2) is 44.3 Å². The molecule has 0 bridgehead atoms. The lowest BCUT2D eigenvalue weighted by Gasteiger charge is -2.00. The predicted octanol–water partition coefficient (Wildman–Crippen LogP) is 2.23. The van der Waals surface area contributed by atoms with E-state index >= 15 is 0 Å². The molecule has 19 heavy (non-hydrogen) atoms. The quantitative estimate of drug-likeness (QED) is 0.741. The van der Waals surface area contributed by atoms with Crippen LogP contribution in [0.3, 0.4) is 0 Å². The van der Waals surface area contributed by atoms with Crippen molar-refractivity contribution in [2.24, 2.45) is 0 Å². The maximum atomic E-state index is 12.2. The fourth-order valence-electron chi connectivity index (χ4n) is 1.93. The van der Waals surface area contributed by atoms with Crippen LogP contribution in [-0.4, -0.2) is 9.78 Å². The van der Waals surface area contributed by atoms with Crippen LogP contribution < -0.4 is 11.2 Å². The molecule has 1 aromatic carbocycles. The Balaban J connectivity index is 2.34. The Morgan fingerprint density at radius 2 is 1.89 bits per heavy atom. The Hall–Kier alpha value is -2.27. The topological polar surface area (TPSA) is 68.0 Å². The van der Waals surface area contributed by atoms with Gasteiger partial charge in [-0.3, -0.25) is 9.89 Å². The lowest BCUT2D eigenvalue weighted by Crippen LogP contribution is -2.14. The number of nitrogens with one attached hydrogen (secondary N) is 1. The molecule has 0 unspecified atom stereocenters. The van der Waals surface area contributed by atoms with Crippen LogP contribution in [0.5, 0.6) is 0 Å². The third-order valence-electron chi connectivity index (χ3n) is 2.86. The van der Waals surface area contributed by atoms with Crippen LogP contribution in [-0.2, 0) is 0 Å². The van der Waals surface area contributed by atoms with E-state index in [4.69, 9.17) is 16.0 Å². The number of hydrogen-bond acceptors (Lipinski definition) is 3. The van der Waals surface area contributed by atoms with Gasteiger partial charge in [-0.25, -0.2) is 9.48 Å². The molecule has 6 heteroatoms. The number of H-pyrrole nitrogens is 1. The number of hydrogen-bond donors (Lipinski definition) is 1. The maximum Gasteiger partial charge on any atom is 0.336 e. The minimum Gasteiger partial charge on any atom is -0.415 e. The largest absolute Gasteiger partial charge is 0.415 e. The molecule has 3 aromatic rings. The standard InChI is InChI=1S/C13H9ClN2O3/c1-7-6-10(17)19-12-11(7)15-16(13(12)18)9-4-2-8(14)3-5-9/h2-6,15H,1H3. The van der Waals surface area contributed by atoms with Crippen molar-refractivity contribution in [2.45, 2.75) is 6.92 Å². The first-order valence-electron chi connectivity index (χ1n) is 5.58. The zero-order valence-corrected chi connectivity index (χ0v) is 10.7. The highest BCUT2D eigenvalue weighted by Crippen LogP contribution is 2.15. The number of aryl methyl sites for hydroxylation is 1. The maximum absolute atomic E-state index is 12.2. The summed E-state index contributed by atoms with van der Waals surface area (Å²) < 4.78 is 6.27. The minimum atomic E-state index is -0.538. The van der Waals surface area contributed by atoms with Gasteiger partial charge in [-0.1, -0.05) is 11.6 Å². The summed E-state index contributed by atoms with van der Waals surface area (Å²) in [4.78, 5) is 23.5. The van der Waals surface area contributed by atoms with Crippen LogP contribution in [0, 0.1) is 6.92 Å². The second-order valence-electron chi connectivity index (χ2n) is 4.18. The Kier molecular flexibility index (Phi) is 2.57. The van der Waals surface area contributed by atoms with Gasteiger partial charge in [-0.05, 0) is 36.8 Å². The Morgan fingerprint density at radius 3 is 2.58 bits per heavy atom. The number of rotatable bonds is 1. The third-order valence-corrected chi connectivity index (χ3v) is 3.12. The fourth-order valence-corrected chi connectivity index (χ4v) is 2.06. The lowest BCUT2D eigenvalue weighted by atomic mass is 10.3. The van der Waals surface area contributed by atoms with Crippen molar-refractivity contribution in [2.75, 3.05) is 0 Å². The van der Waals surface area contributed by atoms with Gasteiger partial charge in [-0.15, -0.1) is 0 Å². The van der Waals surface area contributed by atoms with Crippen LogP contribution in [0.25, 0.3) is 16.8 Å². The van der Waals surface area contributed by atoms with Gasteiger partial charge in [0.1, 0.15) is 5.52 Å². The number of aromatic amines is 1. The molecule has 0 amide bonds. The molecule has 0 saturated heterocycles. The van der Waals surface area contributed by atoms with Crippen molar-refractivity contribution in [1.82, 2.24) is 9.78 Å². The van der Waals surface area contributed by atoms with Gasteiger partial charge in [0, 0.05) is 11.1 Å². The van der Waals surface area contributed by atoms with Crippen molar-refractivity contribution < 1.29 is 4.42 Å². The van der Waals surface area contributed by atoms with E-state index in [1.54, 1.807) is 31.2 Å². The second kappa shape index (κ2) is 4.13. The molecular weight excluding hydrogens is 268 g/mol. The number of halogens is 1.